The fourth-order valence-corrected chi connectivity index (χ4v) is 1.17. The molecule has 1 aromatic rings. The van der Waals surface area contributed by atoms with Gasteiger partial charge in [-0.05, 0) is 25.0 Å². The Hall–Kier alpha value is -1.56. The van der Waals surface area contributed by atoms with Gasteiger partial charge in [-0.15, -0.1) is 0 Å². The molecule has 0 aliphatic carbocycles. The van der Waals surface area contributed by atoms with E-state index in [1.54, 1.807) is 0 Å². The second kappa shape index (κ2) is 7.67. The van der Waals surface area contributed by atoms with Crippen molar-refractivity contribution in [3.05, 3.63) is 47.5 Å². The molecule has 1 rings (SSSR count). The molecule has 1 aromatic carbocycles. The molecule has 0 aliphatic rings. The Labute approximate surface area is 103 Å². The lowest BCUT2D eigenvalue weighted by Crippen LogP contribution is -2.12. The standard InChI is InChI=1S/C15H18O2/c1-3-13(2)9-10-15(16)12-17-11-14-7-5-4-6-8-14/h3-8,15-16H,11-12H2,1-2H3/b13-3+. The van der Waals surface area contributed by atoms with Crippen LogP contribution in [0.4, 0.5) is 0 Å². The molecule has 0 aliphatic heterocycles. The van der Waals surface area contributed by atoms with Crippen molar-refractivity contribution in [2.24, 2.45) is 0 Å². The number of rotatable bonds is 4. The monoisotopic (exact) mass is 230 g/mol. The average molecular weight is 230 g/mol. The second-order valence-corrected chi connectivity index (χ2v) is 3.76. The zero-order chi connectivity index (χ0) is 12.5. The van der Waals surface area contributed by atoms with Crippen LogP contribution in [0, 0.1) is 11.8 Å². The largest absolute Gasteiger partial charge is 0.378 e. The molecular weight excluding hydrogens is 212 g/mol. The summed E-state index contributed by atoms with van der Waals surface area (Å²) in [5.41, 5.74) is 2.05. The van der Waals surface area contributed by atoms with Crippen molar-refractivity contribution >= 4 is 0 Å². The number of aliphatic hydroxyl groups is 1. The number of hydrogen-bond acceptors (Lipinski definition) is 2. The highest BCUT2D eigenvalue weighted by Gasteiger charge is 1.99. The predicted octanol–water partition coefficient (Wildman–Crippen LogP) is 2.53. The summed E-state index contributed by atoms with van der Waals surface area (Å²) in [6.07, 6.45) is 1.18. The molecule has 1 unspecified atom stereocenters. The molecule has 0 saturated carbocycles. The summed E-state index contributed by atoms with van der Waals surface area (Å²) in [4.78, 5) is 0. The Bertz CT molecular complexity index is 410. The number of benzene rings is 1. The normalized spacial score (nSPS) is 12.8. The van der Waals surface area contributed by atoms with Crippen LogP contribution in [0.15, 0.2) is 42.0 Å². The third-order valence-electron chi connectivity index (χ3n) is 2.26. The lowest BCUT2D eigenvalue weighted by atomic mass is 10.2. The van der Waals surface area contributed by atoms with Gasteiger partial charge in [-0.1, -0.05) is 48.2 Å². The van der Waals surface area contributed by atoms with Crippen molar-refractivity contribution in [3.63, 3.8) is 0 Å². The molecule has 1 N–H and O–H groups in total. The summed E-state index contributed by atoms with van der Waals surface area (Å²) in [6, 6.07) is 9.86. The molecule has 0 saturated heterocycles. The van der Waals surface area contributed by atoms with Crippen LogP contribution in [-0.4, -0.2) is 17.8 Å². The molecule has 0 bridgehead atoms. The van der Waals surface area contributed by atoms with Gasteiger partial charge < -0.3 is 9.84 Å². The van der Waals surface area contributed by atoms with E-state index >= 15 is 0 Å². The molecular formula is C15H18O2. The zero-order valence-corrected chi connectivity index (χ0v) is 10.3. The number of ether oxygens (including phenoxy) is 1. The first kappa shape index (κ1) is 13.5. The molecule has 0 fully saturated rings. The van der Waals surface area contributed by atoms with E-state index in [9.17, 15) is 5.11 Å². The van der Waals surface area contributed by atoms with E-state index < -0.39 is 6.10 Å². The molecule has 17 heavy (non-hydrogen) atoms. The second-order valence-electron chi connectivity index (χ2n) is 3.76. The molecule has 0 aromatic heterocycles. The fraction of sp³-hybridized carbons (Fsp3) is 0.333. The Kier molecular flexibility index (Phi) is 6.09. The van der Waals surface area contributed by atoms with Gasteiger partial charge >= 0.3 is 0 Å². The number of aliphatic hydroxyl groups excluding tert-OH is 1. The van der Waals surface area contributed by atoms with E-state index in [-0.39, 0.29) is 6.61 Å². The maximum absolute atomic E-state index is 9.55. The van der Waals surface area contributed by atoms with Gasteiger partial charge in [0, 0.05) is 0 Å². The molecule has 0 amide bonds. The number of allylic oxidation sites excluding steroid dienone is 2. The van der Waals surface area contributed by atoms with Gasteiger partial charge in [-0.3, -0.25) is 0 Å². The Balaban J connectivity index is 2.29. The third-order valence-corrected chi connectivity index (χ3v) is 2.26. The van der Waals surface area contributed by atoms with Crippen molar-refractivity contribution in [3.8, 4) is 11.8 Å². The highest BCUT2D eigenvalue weighted by molar-refractivity contribution is 5.27. The average Bonchev–Trinajstić information content (AvgIpc) is 2.37. The van der Waals surface area contributed by atoms with Gasteiger partial charge in [0.2, 0.25) is 0 Å². The molecule has 2 heteroatoms. The summed E-state index contributed by atoms with van der Waals surface area (Å²) < 4.78 is 5.38. The van der Waals surface area contributed by atoms with E-state index in [2.05, 4.69) is 11.8 Å². The van der Waals surface area contributed by atoms with Crippen LogP contribution in [0.2, 0.25) is 0 Å². The van der Waals surface area contributed by atoms with Crippen molar-refractivity contribution in [1.29, 1.82) is 0 Å². The first-order chi connectivity index (χ1) is 8.22. The summed E-state index contributed by atoms with van der Waals surface area (Å²) in [5, 5.41) is 9.55. The first-order valence-electron chi connectivity index (χ1n) is 5.66. The van der Waals surface area contributed by atoms with E-state index in [4.69, 9.17) is 4.74 Å². The van der Waals surface area contributed by atoms with Crippen molar-refractivity contribution in [2.45, 2.75) is 26.6 Å². The van der Waals surface area contributed by atoms with Crippen molar-refractivity contribution in [1.82, 2.24) is 0 Å². The third kappa shape index (κ3) is 5.91. The van der Waals surface area contributed by atoms with E-state index in [1.807, 2.05) is 50.3 Å². The predicted molar refractivity (Wildman–Crippen MR) is 69.3 cm³/mol. The van der Waals surface area contributed by atoms with Crippen LogP contribution >= 0.6 is 0 Å². The molecule has 2 nitrogen and oxygen atoms in total. The summed E-state index contributed by atoms with van der Waals surface area (Å²) >= 11 is 0. The fourth-order valence-electron chi connectivity index (χ4n) is 1.17. The van der Waals surface area contributed by atoms with Gasteiger partial charge in [0.25, 0.3) is 0 Å². The summed E-state index contributed by atoms with van der Waals surface area (Å²) in [6.45, 7) is 4.56. The highest BCUT2D eigenvalue weighted by Crippen LogP contribution is 2.00. The maximum atomic E-state index is 9.55. The van der Waals surface area contributed by atoms with E-state index in [1.165, 1.54) is 0 Å². The summed E-state index contributed by atoms with van der Waals surface area (Å²) in [5.74, 6) is 5.59. The minimum atomic E-state index is -0.728. The van der Waals surface area contributed by atoms with Crippen LogP contribution in [0.25, 0.3) is 0 Å². The van der Waals surface area contributed by atoms with Crippen LogP contribution in [0.3, 0.4) is 0 Å². The maximum Gasteiger partial charge on any atom is 0.138 e. The lowest BCUT2D eigenvalue weighted by Gasteiger charge is -2.05. The van der Waals surface area contributed by atoms with Gasteiger partial charge in [0.15, 0.2) is 0 Å². The molecule has 0 spiro atoms. The van der Waals surface area contributed by atoms with Crippen LogP contribution < -0.4 is 0 Å². The Morgan fingerprint density at radius 3 is 2.76 bits per heavy atom. The lowest BCUT2D eigenvalue weighted by molar-refractivity contribution is 0.0544. The topological polar surface area (TPSA) is 29.5 Å². The minimum Gasteiger partial charge on any atom is -0.378 e. The van der Waals surface area contributed by atoms with Crippen molar-refractivity contribution < 1.29 is 9.84 Å². The first-order valence-corrected chi connectivity index (χ1v) is 5.66. The van der Waals surface area contributed by atoms with Gasteiger partial charge in [0.05, 0.1) is 13.2 Å². The highest BCUT2D eigenvalue weighted by atomic mass is 16.5. The quantitative estimate of drug-likeness (QED) is 0.805. The molecule has 0 heterocycles. The van der Waals surface area contributed by atoms with Gasteiger partial charge in [0.1, 0.15) is 6.10 Å². The van der Waals surface area contributed by atoms with Gasteiger partial charge in [-0.25, -0.2) is 0 Å². The van der Waals surface area contributed by atoms with Crippen LogP contribution in [0.5, 0.6) is 0 Å². The molecule has 0 radical (unpaired) electrons. The zero-order valence-electron chi connectivity index (χ0n) is 10.3. The number of hydrogen-bond donors (Lipinski definition) is 1. The van der Waals surface area contributed by atoms with Crippen LogP contribution in [0.1, 0.15) is 19.4 Å². The Morgan fingerprint density at radius 1 is 1.41 bits per heavy atom. The van der Waals surface area contributed by atoms with E-state index in [0.717, 1.165) is 11.1 Å². The SMILES string of the molecule is C/C=C(\C)C#CC(O)COCc1ccccc1. The minimum absolute atomic E-state index is 0.235. The molecule has 1 atom stereocenters. The summed E-state index contributed by atoms with van der Waals surface area (Å²) in [7, 11) is 0. The Morgan fingerprint density at radius 2 is 2.12 bits per heavy atom. The smallest absolute Gasteiger partial charge is 0.138 e. The molecule has 90 valence electrons. The van der Waals surface area contributed by atoms with Crippen molar-refractivity contribution in [2.75, 3.05) is 6.61 Å². The van der Waals surface area contributed by atoms with E-state index in [0.29, 0.717) is 6.61 Å². The van der Waals surface area contributed by atoms with Crippen LogP contribution in [-0.2, 0) is 11.3 Å². The van der Waals surface area contributed by atoms with Gasteiger partial charge in [-0.2, -0.15) is 0 Å².